The van der Waals surface area contributed by atoms with Crippen molar-refractivity contribution in [3.63, 3.8) is 0 Å². The fourth-order valence-electron chi connectivity index (χ4n) is 6.02. The van der Waals surface area contributed by atoms with E-state index in [9.17, 15) is 44.1 Å². The van der Waals surface area contributed by atoms with Gasteiger partial charge in [-0.25, -0.2) is 0 Å². The summed E-state index contributed by atoms with van der Waals surface area (Å²) in [5.74, 6) is -2.52. The van der Waals surface area contributed by atoms with Crippen molar-refractivity contribution in [3.8, 4) is 11.3 Å². The molecule has 2 aromatic rings. The topological polar surface area (TPSA) is 246 Å². The number of epoxide rings is 1. The Morgan fingerprint density at radius 1 is 1.08 bits per heavy atom. The number of carbonyl (C=O) groups is 3. The predicted molar refractivity (Wildman–Crippen MR) is 185 cm³/mol. The Hall–Kier alpha value is -3.29. The van der Waals surface area contributed by atoms with E-state index in [1.54, 1.807) is 23.7 Å². The molecule has 5 unspecified atom stereocenters. The summed E-state index contributed by atoms with van der Waals surface area (Å²) < 4.78 is 30.1. The van der Waals surface area contributed by atoms with Crippen molar-refractivity contribution < 1.29 is 62.7 Å². The second-order valence-electron chi connectivity index (χ2n) is 13.5. The standard InChI is InChI=1S/C33H49BN5O12P/c1-21(2)19-26(36-31(43)28(22(3)40)37-30(42)25-12-8-11-24(38(25)4)23-9-6-5-7-10-23)34-49-17-15-39(16-18-50-34)14-13-35-27(41)20-33(45,52(46,47)48)29-32(44)51-29/h5-12,21-22,26,28-29,32,40,44-45H,13-20H2,1-4H3,(H4-,35,36,37,41,42,43,46,47,48)/t22?,26-,28-,29?,32?,33?/m1/s1. The maximum absolute atomic E-state index is 13.6. The lowest BCUT2D eigenvalue weighted by Gasteiger charge is -2.34. The van der Waals surface area contributed by atoms with Crippen LogP contribution in [-0.2, 0) is 35.2 Å². The molecule has 0 radical (unpaired) electrons. The number of ether oxygens (including phenoxy) is 1. The van der Waals surface area contributed by atoms with Crippen LogP contribution in [0, 0.1) is 5.92 Å². The maximum Gasteiger partial charge on any atom is 0.480 e. The molecule has 0 spiro atoms. The molecule has 4 rings (SSSR count). The first-order chi connectivity index (χ1) is 24.5. The first-order valence-electron chi connectivity index (χ1n) is 17.2. The van der Waals surface area contributed by atoms with Crippen molar-refractivity contribution in [3.05, 3.63) is 54.2 Å². The number of aliphatic hydroxyl groups is 3. The summed E-state index contributed by atoms with van der Waals surface area (Å²) >= 11 is 0. The number of aromatic nitrogens is 1. The maximum atomic E-state index is 13.6. The quantitative estimate of drug-likeness (QED) is 0.0427. The number of carbonyl (C=O) groups excluding carboxylic acids is 3. The number of hydrogen-bond donors (Lipinski definition) is 7. The number of pyridine rings is 1. The second kappa shape index (κ2) is 18.2. The van der Waals surface area contributed by atoms with Crippen molar-refractivity contribution >= 4 is 32.4 Å². The van der Waals surface area contributed by atoms with Crippen LogP contribution >= 0.6 is 7.60 Å². The minimum Gasteiger partial charge on any atom is -0.777 e. The first-order valence-corrected chi connectivity index (χ1v) is 18.8. The average molecular weight is 750 g/mol. The van der Waals surface area contributed by atoms with Crippen molar-refractivity contribution in [1.29, 1.82) is 0 Å². The van der Waals surface area contributed by atoms with Gasteiger partial charge in [-0.1, -0.05) is 32.0 Å². The predicted octanol–water partition coefficient (Wildman–Crippen LogP) is -1.98. The minimum atomic E-state index is -5.46. The molecule has 2 saturated heterocycles. The van der Waals surface area contributed by atoms with Gasteiger partial charge in [0, 0.05) is 57.1 Å². The molecule has 3 amide bonds. The number of hydrogen-bond acceptors (Lipinski definition) is 12. The van der Waals surface area contributed by atoms with E-state index in [4.69, 9.17) is 9.31 Å². The van der Waals surface area contributed by atoms with Gasteiger partial charge < -0.3 is 59.7 Å². The van der Waals surface area contributed by atoms with Crippen molar-refractivity contribution in [1.82, 2.24) is 20.9 Å². The zero-order valence-corrected chi connectivity index (χ0v) is 30.6. The number of benzene rings is 1. The number of amides is 3. The zero-order chi connectivity index (χ0) is 38.2. The second-order valence-corrected chi connectivity index (χ2v) is 15.3. The van der Waals surface area contributed by atoms with E-state index >= 15 is 0 Å². The van der Waals surface area contributed by atoms with E-state index in [0.717, 1.165) is 11.3 Å². The Bertz CT molecular complexity index is 1570. The smallest absolute Gasteiger partial charge is 0.480 e. The molecule has 7 atom stereocenters. The molecular formula is C33H49BN5O12P. The van der Waals surface area contributed by atoms with Crippen LogP contribution in [0.1, 0.15) is 44.1 Å². The Morgan fingerprint density at radius 2 is 1.71 bits per heavy atom. The molecule has 286 valence electrons. The number of nitrogens with zero attached hydrogens (tertiary/aromatic N) is 2. The van der Waals surface area contributed by atoms with Gasteiger partial charge in [0.25, 0.3) is 5.69 Å². The summed E-state index contributed by atoms with van der Waals surface area (Å²) in [6, 6.07) is 13.5. The molecule has 0 aliphatic carbocycles. The van der Waals surface area contributed by atoms with Gasteiger partial charge in [-0.15, -0.1) is 0 Å². The molecule has 52 heavy (non-hydrogen) atoms. The molecule has 19 heteroatoms. The molecule has 1 aromatic carbocycles. The van der Waals surface area contributed by atoms with Gasteiger partial charge in [0.05, 0.1) is 18.5 Å². The number of nitrogens with one attached hydrogen (secondary N) is 3. The van der Waals surface area contributed by atoms with Gasteiger partial charge >= 0.3 is 13.0 Å². The fourth-order valence-corrected chi connectivity index (χ4v) is 6.87. The minimum absolute atomic E-state index is 0.0636. The summed E-state index contributed by atoms with van der Waals surface area (Å²) in [5, 5.41) is 35.5. The van der Waals surface area contributed by atoms with Crippen molar-refractivity contribution in [2.45, 2.75) is 69.4 Å². The molecule has 7 N–H and O–H groups in total. The fraction of sp³-hybridized carbons (Fsp3) is 0.576. The first kappa shape index (κ1) is 41.5. The van der Waals surface area contributed by atoms with Crippen LogP contribution in [0.4, 0.5) is 0 Å². The Labute approximate surface area is 302 Å². The highest BCUT2D eigenvalue weighted by molar-refractivity contribution is 7.52. The van der Waals surface area contributed by atoms with Gasteiger partial charge in [-0.2, -0.15) is 4.57 Å². The van der Waals surface area contributed by atoms with Gasteiger partial charge in [0.2, 0.25) is 17.5 Å². The Morgan fingerprint density at radius 3 is 2.27 bits per heavy atom. The Kier molecular flexibility index (Phi) is 14.5. The van der Waals surface area contributed by atoms with Gasteiger partial charge in [0.1, 0.15) is 19.2 Å². The van der Waals surface area contributed by atoms with Crippen molar-refractivity contribution in [2.24, 2.45) is 13.0 Å². The lowest BCUT2D eigenvalue weighted by Crippen LogP contribution is -2.59. The Balaban J connectivity index is 1.31. The van der Waals surface area contributed by atoms with Crippen LogP contribution in [0.15, 0.2) is 48.5 Å². The zero-order valence-electron chi connectivity index (χ0n) is 29.7. The highest BCUT2D eigenvalue weighted by Gasteiger charge is 2.59. The van der Waals surface area contributed by atoms with E-state index in [-0.39, 0.29) is 25.7 Å². The summed E-state index contributed by atoms with van der Waals surface area (Å²) in [6.45, 7) is 6.96. The third kappa shape index (κ3) is 10.9. The molecular weight excluding hydrogens is 700 g/mol. The van der Waals surface area contributed by atoms with Gasteiger partial charge in [0.15, 0.2) is 19.2 Å². The van der Waals surface area contributed by atoms with Crippen molar-refractivity contribution in [2.75, 3.05) is 39.4 Å². The van der Waals surface area contributed by atoms with Crippen LogP contribution in [0.25, 0.3) is 11.3 Å². The van der Waals surface area contributed by atoms with E-state index in [1.165, 1.54) is 6.92 Å². The SMILES string of the molecule is CC(C)C[C@@H](NC(=O)[C@H](NC(=O)c1cccc(-c2ccccc2)[n+]1C)C(C)O)B1OCCN(CCNC(=O)CC(O)(C2OC2O)P(=O)([O-])O)CCO1. The molecule has 1 aromatic heterocycles. The highest BCUT2D eigenvalue weighted by atomic mass is 31.2. The summed E-state index contributed by atoms with van der Waals surface area (Å²) in [5.41, 5.74) is 1.99. The van der Waals surface area contributed by atoms with Gasteiger partial charge in [-0.05, 0) is 37.5 Å². The largest absolute Gasteiger partial charge is 0.777 e. The molecule has 2 fully saturated rings. The summed E-state index contributed by atoms with van der Waals surface area (Å²) in [4.78, 5) is 62.5. The van der Waals surface area contributed by atoms with Gasteiger partial charge in [-0.3, -0.25) is 19.3 Å². The third-order valence-corrected chi connectivity index (χ3v) is 10.3. The van der Waals surface area contributed by atoms with Crippen LogP contribution in [-0.4, -0.2) is 125 Å². The number of aliphatic hydroxyl groups excluding tert-OH is 2. The number of rotatable bonds is 16. The third-order valence-electron chi connectivity index (χ3n) is 8.93. The van der Waals surface area contributed by atoms with E-state index in [2.05, 4.69) is 20.7 Å². The summed E-state index contributed by atoms with van der Waals surface area (Å²) in [6.07, 6.45) is -5.02. The molecule has 2 aliphatic rings. The average Bonchev–Trinajstić information content (AvgIpc) is 3.80. The lowest BCUT2D eigenvalue weighted by molar-refractivity contribution is -0.662. The molecule has 0 saturated carbocycles. The van der Waals surface area contributed by atoms with Crippen LogP contribution in [0.3, 0.4) is 0 Å². The molecule has 17 nitrogen and oxygen atoms in total. The summed E-state index contributed by atoms with van der Waals surface area (Å²) in [7, 11) is -4.54. The van der Waals surface area contributed by atoms with E-state index < -0.39 is 74.7 Å². The molecule has 2 aliphatic heterocycles. The van der Waals surface area contributed by atoms with Crippen LogP contribution in [0.2, 0.25) is 0 Å². The monoisotopic (exact) mass is 749 g/mol. The van der Waals surface area contributed by atoms with E-state index in [1.807, 2.05) is 55.1 Å². The van der Waals surface area contributed by atoms with Crippen LogP contribution < -0.4 is 25.4 Å². The van der Waals surface area contributed by atoms with E-state index in [0.29, 0.717) is 31.7 Å². The lowest BCUT2D eigenvalue weighted by atomic mass is 9.73. The molecule has 3 heterocycles. The normalized spacial score (nSPS) is 22.2. The highest BCUT2D eigenvalue weighted by Crippen LogP contribution is 2.54. The molecule has 0 bridgehead atoms. The van der Waals surface area contributed by atoms with Crippen LogP contribution in [0.5, 0.6) is 0 Å².